The SMILES string of the molecule is CCn1c(COc2ccccc2)nnc1SCC(=O)Nc1ccc(F)cc1. The van der Waals surface area contributed by atoms with E-state index in [4.69, 9.17) is 4.74 Å². The third-order valence-electron chi connectivity index (χ3n) is 3.68. The number of aromatic nitrogens is 3. The third kappa shape index (κ3) is 5.30. The molecule has 0 spiro atoms. The number of anilines is 1. The lowest BCUT2D eigenvalue weighted by Crippen LogP contribution is -2.15. The van der Waals surface area contributed by atoms with E-state index in [0.717, 1.165) is 5.75 Å². The number of hydrogen-bond acceptors (Lipinski definition) is 5. The molecule has 0 aliphatic heterocycles. The number of rotatable bonds is 8. The van der Waals surface area contributed by atoms with Crippen molar-refractivity contribution in [1.29, 1.82) is 0 Å². The van der Waals surface area contributed by atoms with Crippen molar-refractivity contribution in [3.63, 3.8) is 0 Å². The van der Waals surface area contributed by atoms with Crippen LogP contribution in [0.15, 0.2) is 59.8 Å². The number of thioether (sulfide) groups is 1. The normalized spacial score (nSPS) is 10.6. The first kappa shape index (κ1) is 18.9. The van der Waals surface area contributed by atoms with Crippen molar-refractivity contribution in [2.24, 2.45) is 0 Å². The lowest BCUT2D eigenvalue weighted by Gasteiger charge is -2.09. The Hall–Kier alpha value is -2.87. The van der Waals surface area contributed by atoms with Crippen LogP contribution in [0.2, 0.25) is 0 Å². The van der Waals surface area contributed by atoms with Crippen LogP contribution in [-0.2, 0) is 17.9 Å². The Kier molecular flexibility index (Phi) is 6.43. The average molecular weight is 386 g/mol. The fraction of sp³-hybridized carbons (Fsp3) is 0.211. The van der Waals surface area contributed by atoms with Gasteiger partial charge in [0.15, 0.2) is 11.0 Å². The van der Waals surface area contributed by atoms with Gasteiger partial charge in [0.2, 0.25) is 5.91 Å². The molecular formula is C19H19FN4O2S. The first-order valence-corrected chi connectivity index (χ1v) is 9.42. The molecule has 3 aromatic rings. The molecular weight excluding hydrogens is 367 g/mol. The van der Waals surface area contributed by atoms with Gasteiger partial charge in [-0.25, -0.2) is 4.39 Å². The molecule has 1 heterocycles. The van der Waals surface area contributed by atoms with E-state index in [1.54, 1.807) is 0 Å². The Labute approximate surface area is 160 Å². The van der Waals surface area contributed by atoms with Gasteiger partial charge in [-0.05, 0) is 43.3 Å². The number of nitrogens with one attached hydrogen (secondary N) is 1. The quantitative estimate of drug-likeness (QED) is 0.597. The summed E-state index contributed by atoms with van der Waals surface area (Å²) in [5.41, 5.74) is 0.552. The molecule has 0 saturated carbocycles. The van der Waals surface area contributed by atoms with Crippen molar-refractivity contribution < 1.29 is 13.9 Å². The smallest absolute Gasteiger partial charge is 0.234 e. The average Bonchev–Trinajstić information content (AvgIpc) is 3.09. The Morgan fingerprint density at radius 1 is 1.15 bits per heavy atom. The van der Waals surface area contributed by atoms with Gasteiger partial charge in [0.1, 0.15) is 18.2 Å². The standard InChI is InChI=1S/C19H19FN4O2S/c1-2-24-17(12-26-16-6-4-3-5-7-16)22-23-19(24)27-13-18(25)21-15-10-8-14(20)9-11-15/h3-11H,2,12-13H2,1H3,(H,21,25). The number of hydrogen-bond donors (Lipinski definition) is 1. The molecule has 27 heavy (non-hydrogen) atoms. The molecule has 3 rings (SSSR count). The van der Waals surface area contributed by atoms with E-state index >= 15 is 0 Å². The molecule has 140 valence electrons. The summed E-state index contributed by atoms with van der Waals surface area (Å²) in [7, 11) is 0. The molecule has 0 radical (unpaired) electrons. The Morgan fingerprint density at radius 2 is 1.89 bits per heavy atom. The van der Waals surface area contributed by atoms with Crippen molar-refractivity contribution in [1.82, 2.24) is 14.8 Å². The highest BCUT2D eigenvalue weighted by Crippen LogP contribution is 2.19. The fourth-order valence-corrected chi connectivity index (χ4v) is 3.20. The van der Waals surface area contributed by atoms with Gasteiger partial charge in [0.05, 0.1) is 5.75 Å². The molecule has 1 amide bonds. The topological polar surface area (TPSA) is 69.0 Å². The minimum absolute atomic E-state index is 0.176. The van der Waals surface area contributed by atoms with E-state index in [2.05, 4.69) is 15.5 Å². The van der Waals surface area contributed by atoms with Crippen LogP contribution in [0.1, 0.15) is 12.7 Å². The van der Waals surface area contributed by atoms with E-state index < -0.39 is 0 Å². The zero-order chi connectivity index (χ0) is 19.1. The van der Waals surface area contributed by atoms with Crippen LogP contribution in [0.3, 0.4) is 0 Å². The number of nitrogens with zero attached hydrogens (tertiary/aromatic N) is 3. The van der Waals surface area contributed by atoms with Gasteiger partial charge in [0, 0.05) is 12.2 Å². The van der Waals surface area contributed by atoms with Crippen molar-refractivity contribution in [3.05, 3.63) is 66.2 Å². The molecule has 1 N–H and O–H groups in total. The summed E-state index contributed by atoms with van der Waals surface area (Å²) in [6.45, 7) is 2.95. The molecule has 0 bridgehead atoms. The molecule has 0 aliphatic carbocycles. The highest BCUT2D eigenvalue weighted by atomic mass is 32.2. The lowest BCUT2D eigenvalue weighted by molar-refractivity contribution is -0.113. The predicted octanol–water partition coefficient (Wildman–Crippen LogP) is 3.75. The maximum absolute atomic E-state index is 12.9. The second kappa shape index (κ2) is 9.18. The molecule has 2 aromatic carbocycles. The molecule has 0 unspecified atom stereocenters. The number of benzene rings is 2. The van der Waals surface area contributed by atoms with Gasteiger partial charge in [0.25, 0.3) is 0 Å². The molecule has 8 heteroatoms. The minimum Gasteiger partial charge on any atom is -0.486 e. The third-order valence-corrected chi connectivity index (χ3v) is 4.65. The number of halogens is 1. The molecule has 1 aromatic heterocycles. The maximum Gasteiger partial charge on any atom is 0.234 e. The van der Waals surface area contributed by atoms with Gasteiger partial charge >= 0.3 is 0 Å². The van der Waals surface area contributed by atoms with Crippen molar-refractivity contribution >= 4 is 23.4 Å². The van der Waals surface area contributed by atoms with Crippen LogP contribution in [0.4, 0.5) is 10.1 Å². The highest BCUT2D eigenvalue weighted by molar-refractivity contribution is 7.99. The summed E-state index contributed by atoms with van der Waals surface area (Å²) in [6, 6.07) is 15.1. The lowest BCUT2D eigenvalue weighted by atomic mass is 10.3. The van der Waals surface area contributed by atoms with Crippen LogP contribution in [0.5, 0.6) is 5.75 Å². The fourth-order valence-electron chi connectivity index (χ4n) is 2.38. The predicted molar refractivity (Wildman–Crippen MR) is 102 cm³/mol. The zero-order valence-electron chi connectivity index (χ0n) is 14.8. The minimum atomic E-state index is -0.344. The van der Waals surface area contributed by atoms with E-state index in [1.165, 1.54) is 36.0 Å². The van der Waals surface area contributed by atoms with Gasteiger partial charge in [-0.2, -0.15) is 0 Å². The second-order valence-corrected chi connectivity index (χ2v) is 6.53. The van der Waals surface area contributed by atoms with Crippen LogP contribution in [-0.4, -0.2) is 26.4 Å². The van der Waals surface area contributed by atoms with Crippen molar-refractivity contribution in [3.8, 4) is 5.75 Å². The Bertz CT molecular complexity index is 884. The van der Waals surface area contributed by atoms with Gasteiger partial charge in [-0.3, -0.25) is 4.79 Å². The second-order valence-electron chi connectivity index (χ2n) is 5.59. The van der Waals surface area contributed by atoms with E-state index in [0.29, 0.717) is 29.8 Å². The van der Waals surface area contributed by atoms with Crippen LogP contribution >= 0.6 is 11.8 Å². The van der Waals surface area contributed by atoms with E-state index in [9.17, 15) is 9.18 Å². The largest absolute Gasteiger partial charge is 0.486 e. The number of ether oxygens (including phenoxy) is 1. The van der Waals surface area contributed by atoms with Crippen molar-refractivity contribution in [2.45, 2.75) is 25.2 Å². The zero-order valence-corrected chi connectivity index (χ0v) is 15.6. The molecule has 0 aliphatic rings. The van der Waals surface area contributed by atoms with Crippen LogP contribution < -0.4 is 10.1 Å². The van der Waals surface area contributed by atoms with Gasteiger partial charge < -0.3 is 14.6 Å². The summed E-state index contributed by atoms with van der Waals surface area (Å²) in [6.07, 6.45) is 0. The number of amides is 1. The first-order chi connectivity index (χ1) is 13.2. The summed E-state index contributed by atoms with van der Waals surface area (Å²) in [4.78, 5) is 12.1. The maximum atomic E-state index is 12.9. The van der Waals surface area contributed by atoms with E-state index in [-0.39, 0.29) is 17.5 Å². The summed E-state index contributed by atoms with van der Waals surface area (Å²) < 4.78 is 20.5. The summed E-state index contributed by atoms with van der Waals surface area (Å²) >= 11 is 1.29. The number of carbonyl (C=O) groups is 1. The molecule has 0 fully saturated rings. The van der Waals surface area contributed by atoms with Gasteiger partial charge in [-0.1, -0.05) is 30.0 Å². The Balaban J connectivity index is 1.56. The summed E-state index contributed by atoms with van der Waals surface area (Å²) in [5.74, 6) is 1.09. The van der Waals surface area contributed by atoms with Gasteiger partial charge in [-0.15, -0.1) is 10.2 Å². The number of para-hydroxylation sites is 1. The number of carbonyl (C=O) groups excluding carboxylic acids is 1. The summed E-state index contributed by atoms with van der Waals surface area (Å²) in [5, 5.41) is 11.7. The molecule has 0 atom stereocenters. The molecule has 0 saturated heterocycles. The highest BCUT2D eigenvalue weighted by Gasteiger charge is 2.14. The first-order valence-electron chi connectivity index (χ1n) is 8.44. The van der Waals surface area contributed by atoms with Crippen LogP contribution in [0, 0.1) is 5.82 Å². The Morgan fingerprint density at radius 3 is 2.59 bits per heavy atom. The molecule has 6 nitrogen and oxygen atoms in total. The van der Waals surface area contributed by atoms with Crippen LogP contribution in [0.25, 0.3) is 0 Å². The monoisotopic (exact) mass is 386 g/mol. The van der Waals surface area contributed by atoms with Crippen molar-refractivity contribution in [2.75, 3.05) is 11.1 Å². The van der Waals surface area contributed by atoms with E-state index in [1.807, 2.05) is 41.8 Å².